The fraction of sp³-hybridized carbons (Fsp3) is 0.370. The number of carbonyl (C=O) groups excluding carboxylic acids is 1. The summed E-state index contributed by atoms with van der Waals surface area (Å²) in [5.74, 6) is 0.452. The van der Waals surface area contributed by atoms with Gasteiger partial charge in [-0.1, -0.05) is 42.5 Å². The summed E-state index contributed by atoms with van der Waals surface area (Å²) < 4.78 is 13.8. The van der Waals surface area contributed by atoms with E-state index in [-0.39, 0.29) is 18.0 Å². The quantitative estimate of drug-likeness (QED) is 0.564. The Morgan fingerprint density at radius 3 is 2.48 bits per heavy atom. The molecule has 0 bridgehead atoms. The summed E-state index contributed by atoms with van der Waals surface area (Å²) in [6.45, 7) is 6.96. The number of amides is 1. The van der Waals surface area contributed by atoms with E-state index in [1.807, 2.05) is 13.8 Å². The molecule has 1 N–H and O–H groups in total. The maximum Gasteiger partial charge on any atom is 0.229 e. The normalized spacial score (nSPS) is 16.5. The summed E-state index contributed by atoms with van der Waals surface area (Å²) in [5.41, 5.74) is 4.00. The third kappa shape index (κ3) is 6.02. The Hall–Kier alpha value is -3.12. The number of likely N-dealkylation sites (tertiary alicyclic amines) is 1. The number of nitrogens with zero attached hydrogens (tertiary/aromatic N) is 3. The summed E-state index contributed by atoms with van der Waals surface area (Å²) >= 11 is 0. The van der Waals surface area contributed by atoms with E-state index in [0.29, 0.717) is 5.92 Å². The van der Waals surface area contributed by atoms with Gasteiger partial charge in [-0.25, -0.2) is 14.4 Å². The molecule has 3 aromatic rings. The van der Waals surface area contributed by atoms with Crippen LogP contribution in [0.25, 0.3) is 0 Å². The molecule has 1 aliphatic rings. The molecule has 1 aromatic heterocycles. The number of piperidine rings is 1. The van der Waals surface area contributed by atoms with Gasteiger partial charge in [0, 0.05) is 36.0 Å². The molecule has 4 rings (SSSR count). The first-order valence-electron chi connectivity index (χ1n) is 11.6. The van der Waals surface area contributed by atoms with Gasteiger partial charge in [0.25, 0.3) is 0 Å². The van der Waals surface area contributed by atoms with Crippen LogP contribution in [0.2, 0.25) is 0 Å². The summed E-state index contributed by atoms with van der Waals surface area (Å²) in [6, 6.07) is 16.8. The molecular weight excluding hydrogens is 415 g/mol. The smallest absolute Gasteiger partial charge is 0.229 e. The number of hydrogen-bond donors (Lipinski definition) is 1. The average molecular weight is 447 g/mol. The van der Waals surface area contributed by atoms with Gasteiger partial charge in [-0.05, 0) is 57.4 Å². The highest BCUT2D eigenvalue weighted by Gasteiger charge is 2.25. The van der Waals surface area contributed by atoms with Crippen molar-refractivity contribution in [2.45, 2.75) is 45.4 Å². The van der Waals surface area contributed by atoms with E-state index < -0.39 is 5.82 Å². The molecule has 1 aliphatic heterocycles. The van der Waals surface area contributed by atoms with E-state index >= 15 is 0 Å². The minimum absolute atomic E-state index is 0.125. The first-order valence-corrected chi connectivity index (χ1v) is 11.6. The van der Waals surface area contributed by atoms with Crippen molar-refractivity contribution in [3.05, 3.63) is 88.8 Å². The fourth-order valence-corrected chi connectivity index (χ4v) is 4.52. The molecule has 1 atom stereocenters. The van der Waals surface area contributed by atoms with Crippen molar-refractivity contribution >= 4 is 11.6 Å². The van der Waals surface area contributed by atoms with Gasteiger partial charge in [0.15, 0.2) is 0 Å². The molecule has 0 radical (unpaired) electrons. The molecule has 1 saturated heterocycles. The highest BCUT2D eigenvalue weighted by molar-refractivity contribution is 5.92. The van der Waals surface area contributed by atoms with Gasteiger partial charge in [-0.3, -0.25) is 4.79 Å². The van der Waals surface area contributed by atoms with Crippen LogP contribution in [-0.4, -0.2) is 40.4 Å². The number of aryl methyl sites for hydroxylation is 2. The number of benzene rings is 2. The van der Waals surface area contributed by atoms with E-state index in [9.17, 15) is 9.18 Å². The van der Waals surface area contributed by atoms with E-state index in [0.717, 1.165) is 61.7 Å². The van der Waals surface area contributed by atoms with Gasteiger partial charge < -0.3 is 10.2 Å². The summed E-state index contributed by atoms with van der Waals surface area (Å²) in [5, 5.41) is 2.65. The van der Waals surface area contributed by atoms with E-state index in [4.69, 9.17) is 9.97 Å². The van der Waals surface area contributed by atoms with Gasteiger partial charge in [-0.15, -0.1) is 0 Å². The molecule has 5 nitrogen and oxygen atoms in total. The van der Waals surface area contributed by atoms with E-state index in [2.05, 4.69) is 40.5 Å². The molecule has 1 fully saturated rings. The second kappa shape index (κ2) is 10.7. The van der Waals surface area contributed by atoms with Gasteiger partial charge in [0.1, 0.15) is 11.6 Å². The summed E-state index contributed by atoms with van der Waals surface area (Å²) in [6.07, 6.45) is 3.38. The van der Waals surface area contributed by atoms with Crippen LogP contribution in [-0.2, 0) is 17.6 Å². The minimum Gasteiger partial charge on any atom is -0.323 e. The van der Waals surface area contributed by atoms with Crippen molar-refractivity contribution in [2.24, 2.45) is 0 Å². The van der Waals surface area contributed by atoms with Crippen LogP contribution in [0.5, 0.6) is 0 Å². The molecule has 2 heterocycles. The Kier molecular flexibility index (Phi) is 7.45. The van der Waals surface area contributed by atoms with Crippen molar-refractivity contribution in [3.63, 3.8) is 0 Å². The lowest BCUT2D eigenvalue weighted by atomic mass is 9.96. The molecule has 33 heavy (non-hydrogen) atoms. The second-order valence-corrected chi connectivity index (χ2v) is 8.81. The Balaban J connectivity index is 1.39. The maximum atomic E-state index is 13.8. The zero-order chi connectivity index (χ0) is 23.2. The second-order valence-electron chi connectivity index (χ2n) is 8.81. The van der Waals surface area contributed by atoms with Crippen molar-refractivity contribution < 1.29 is 9.18 Å². The summed E-state index contributed by atoms with van der Waals surface area (Å²) in [7, 11) is 0. The molecular formula is C27H31FN4O. The lowest BCUT2D eigenvalue weighted by molar-refractivity contribution is -0.115. The van der Waals surface area contributed by atoms with Gasteiger partial charge >= 0.3 is 0 Å². The number of carbonyl (C=O) groups is 1. The van der Waals surface area contributed by atoms with Crippen LogP contribution >= 0.6 is 0 Å². The lowest BCUT2D eigenvalue weighted by Crippen LogP contribution is -2.36. The number of halogens is 1. The molecule has 2 aromatic carbocycles. The highest BCUT2D eigenvalue weighted by atomic mass is 19.1. The topological polar surface area (TPSA) is 58.1 Å². The van der Waals surface area contributed by atoms with Gasteiger partial charge in [0.2, 0.25) is 5.91 Å². The first kappa shape index (κ1) is 23.1. The largest absolute Gasteiger partial charge is 0.323 e. The van der Waals surface area contributed by atoms with E-state index in [1.54, 1.807) is 18.2 Å². The number of aromatic nitrogens is 2. The lowest BCUT2D eigenvalue weighted by Gasteiger charge is -2.32. The van der Waals surface area contributed by atoms with Crippen molar-refractivity contribution in [1.82, 2.24) is 14.9 Å². The number of para-hydroxylation sites is 1. The Bertz CT molecular complexity index is 1080. The van der Waals surface area contributed by atoms with Gasteiger partial charge in [-0.2, -0.15) is 0 Å². The first-order chi connectivity index (χ1) is 16.0. The Labute approximate surface area is 195 Å². The van der Waals surface area contributed by atoms with Gasteiger partial charge in [0.05, 0.1) is 12.1 Å². The minimum atomic E-state index is -0.444. The standard InChI is InChI=1S/C27H31FN4O/c1-19-23(17-26(33)31-25-13-7-6-12-24(25)28)20(2)30-27(29-19)22-11-8-15-32(18-22)16-14-21-9-4-3-5-10-21/h3-7,9-10,12-13,22H,8,11,14-18H2,1-2H3,(H,31,33). The average Bonchev–Trinajstić information content (AvgIpc) is 2.82. The van der Waals surface area contributed by atoms with Crippen LogP contribution in [0.4, 0.5) is 10.1 Å². The summed E-state index contributed by atoms with van der Waals surface area (Å²) in [4.78, 5) is 24.6. The van der Waals surface area contributed by atoms with Crippen molar-refractivity contribution in [1.29, 1.82) is 0 Å². The van der Waals surface area contributed by atoms with Crippen LogP contribution in [0.3, 0.4) is 0 Å². The maximum absolute atomic E-state index is 13.8. The fourth-order valence-electron chi connectivity index (χ4n) is 4.52. The molecule has 0 saturated carbocycles. The molecule has 1 unspecified atom stereocenters. The molecule has 0 spiro atoms. The SMILES string of the molecule is Cc1nc(C2CCCN(CCc3ccccc3)C2)nc(C)c1CC(=O)Nc1ccccc1F. The predicted molar refractivity (Wildman–Crippen MR) is 129 cm³/mol. The van der Waals surface area contributed by atoms with E-state index in [1.165, 1.54) is 11.6 Å². The third-order valence-corrected chi connectivity index (χ3v) is 6.35. The molecule has 0 aliphatic carbocycles. The Morgan fingerprint density at radius 2 is 1.76 bits per heavy atom. The Morgan fingerprint density at radius 1 is 1.06 bits per heavy atom. The third-order valence-electron chi connectivity index (χ3n) is 6.35. The monoisotopic (exact) mass is 446 g/mol. The number of nitrogens with one attached hydrogen (secondary N) is 1. The zero-order valence-corrected chi connectivity index (χ0v) is 19.4. The van der Waals surface area contributed by atoms with Crippen molar-refractivity contribution in [3.8, 4) is 0 Å². The zero-order valence-electron chi connectivity index (χ0n) is 19.4. The van der Waals surface area contributed by atoms with Crippen LogP contribution in [0, 0.1) is 19.7 Å². The predicted octanol–water partition coefficient (Wildman–Crippen LogP) is 4.84. The molecule has 172 valence electrons. The van der Waals surface area contributed by atoms with Crippen LogP contribution in [0.15, 0.2) is 54.6 Å². The van der Waals surface area contributed by atoms with Crippen LogP contribution in [0.1, 0.15) is 47.1 Å². The highest BCUT2D eigenvalue weighted by Crippen LogP contribution is 2.26. The number of rotatable bonds is 7. The number of anilines is 1. The molecule has 6 heteroatoms. The van der Waals surface area contributed by atoms with Crippen LogP contribution < -0.4 is 5.32 Å². The molecule has 1 amide bonds. The van der Waals surface area contributed by atoms with Crippen molar-refractivity contribution in [2.75, 3.05) is 25.0 Å². The number of hydrogen-bond acceptors (Lipinski definition) is 4.